The zero-order valence-electron chi connectivity index (χ0n) is 11.0. The highest BCUT2D eigenvalue weighted by atomic mass is 35.5. The van der Waals surface area contributed by atoms with Crippen LogP contribution in [-0.2, 0) is 0 Å². The van der Waals surface area contributed by atoms with Gasteiger partial charge in [-0.3, -0.25) is 0 Å². The normalized spacial score (nSPS) is 11.1. The molecule has 2 aromatic heterocycles. The van der Waals surface area contributed by atoms with E-state index in [1.807, 2.05) is 71.6 Å². The number of benzene rings is 2. The van der Waals surface area contributed by atoms with Crippen molar-refractivity contribution in [1.29, 1.82) is 0 Å². The van der Waals surface area contributed by atoms with Gasteiger partial charge in [0.2, 0.25) is 5.89 Å². The standard InChI is InChI=1S/C17H11ClN2O/c18-14-6-2-1-5-13(14)17-19-15-11-12(7-8-16(15)21-17)20-9-3-4-10-20/h1-11H. The molecule has 0 aliphatic carbocycles. The topological polar surface area (TPSA) is 31.0 Å². The maximum atomic E-state index is 6.19. The molecule has 0 aliphatic heterocycles. The summed E-state index contributed by atoms with van der Waals surface area (Å²) in [6.45, 7) is 0. The lowest BCUT2D eigenvalue weighted by atomic mass is 10.2. The maximum Gasteiger partial charge on any atom is 0.228 e. The minimum Gasteiger partial charge on any atom is -0.436 e. The maximum absolute atomic E-state index is 6.19. The Morgan fingerprint density at radius 3 is 2.57 bits per heavy atom. The van der Waals surface area contributed by atoms with Gasteiger partial charge in [-0.05, 0) is 42.5 Å². The molecule has 3 nitrogen and oxygen atoms in total. The largest absolute Gasteiger partial charge is 0.436 e. The minimum absolute atomic E-state index is 0.542. The summed E-state index contributed by atoms with van der Waals surface area (Å²) < 4.78 is 7.83. The van der Waals surface area contributed by atoms with Gasteiger partial charge >= 0.3 is 0 Å². The molecule has 21 heavy (non-hydrogen) atoms. The Balaban J connectivity index is 1.85. The summed E-state index contributed by atoms with van der Waals surface area (Å²) in [5.74, 6) is 0.542. The van der Waals surface area contributed by atoms with Crippen LogP contribution in [0.1, 0.15) is 0 Å². The highest BCUT2D eigenvalue weighted by Crippen LogP contribution is 2.30. The van der Waals surface area contributed by atoms with Crippen LogP contribution in [-0.4, -0.2) is 9.55 Å². The molecule has 0 bridgehead atoms. The summed E-state index contributed by atoms with van der Waals surface area (Å²) >= 11 is 6.19. The van der Waals surface area contributed by atoms with Crippen molar-refractivity contribution < 1.29 is 4.42 Å². The number of nitrogens with zero attached hydrogens (tertiary/aromatic N) is 2. The number of hydrogen-bond acceptors (Lipinski definition) is 2. The molecule has 4 heteroatoms. The van der Waals surface area contributed by atoms with Crippen molar-refractivity contribution in [2.24, 2.45) is 0 Å². The molecule has 4 aromatic rings. The molecular formula is C17H11ClN2O. The van der Waals surface area contributed by atoms with Gasteiger partial charge in [0.1, 0.15) is 5.52 Å². The molecule has 0 saturated heterocycles. The van der Waals surface area contributed by atoms with E-state index in [1.54, 1.807) is 0 Å². The summed E-state index contributed by atoms with van der Waals surface area (Å²) in [6, 6.07) is 17.4. The van der Waals surface area contributed by atoms with E-state index in [-0.39, 0.29) is 0 Å². The quantitative estimate of drug-likeness (QED) is 0.524. The van der Waals surface area contributed by atoms with Gasteiger partial charge in [0.25, 0.3) is 0 Å². The van der Waals surface area contributed by atoms with Crippen molar-refractivity contribution in [2.75, 3.05) is 0 Å². The second-order valence-corrected chi connectivity index (χ2v) is 5.15. The van der Waals surface area contributed by atoms with E-state index in [1.165, 1.54) is 0 Å². The van der Waals surface area contributed by atoms with Crippen LogP contribution in [0.2, 0.25) is 5.02 Å². The van der Waals surface area contributed by atoms with Crippen molar-refractivity contribution in [1.82, 2.24) is 9.55 Å². The summed E-state index contributed by atoms with van der Waals surface area (Å²) in [5.41, 5.74) is 3.42. The Morgan fingerprint density at radius 1 is 0.952 bits per heavy atom. The van der Waals surface area contributed by atoms with E-state index < -0.39 is 0 Å². The average Bonchev–Trinajstić information content (AvgIpc) is 3.16. The van der Waals surface area contributed by atoms with E-state index in [9.17, 15) is 0 Å². The smallest absolute Gasteiger partial charge is 0.228 e. The van der Waals surface area contributed by atoms with E-state index >= 15 is 0 Å². The summed E-state index contributed by atoms with van der Waals surface area (Å²) in [5, 5.41) is 0.634. The van der Waals surface area contributed by atoms with Crippen LogP contribution in [0.5, 0.6) is 0 Å². The molecular weight excluding hydrogens is 284 g/mol. The average molecular weight is 295 g/mol. The third-order valence-electron chi connectivity index (χ3n) is 3.38. The molecule has 2 aromatic carbocycles. The molecule has 0 fully saturated rings. The van der Waals surface area contributed by atoms with Crippen molar-refractivity contribution in [3.8, 4) is 17.1 Å². The molecule has 0 aliphatic rings. The lowest BCUT2D eigenvalue weighted by Crippen LogP contribution is -1.88. The Labute approximate surface area is 126 Å². The molecule has 0 unspecified atom stereocenters. The second-order valence-electron chi connectivity index (χ2n) is 4.74. The van der Waals surface area contributed by atoms with Crippen LogP contribution >= 0.6 is 11.6 Å². The zero-order chi connectivity index (χ0) is 14.2. The number of halogens is 1. The Hall–Kier alpha value is -2.52. The fourth-order valence-electron chi connectivity index (χ4n) is 2.33. The van der Waals surface area contributed by atoms with Gasteiger partial charge in [-0.1, -0.05) is 23.7 Å². The van der Waals surface area contributed by atoms with Gasteiger partial charge < -0.3 is 8.98 Å². The third kappa shape index (κ3) is 2.12. The number of rotatable bonds is 2. The van der Waals surface area contributed by atoms with Gasteiger partial charge in [-0.2, -0.15) is 0 Å². The van der Waals surface area contributed by atoms with Crippen LogP contribution in [0.15, 0.2) is 71.4 Å². The first kappa shape index (κ1) is 12.2. The van der Waals surface area contributed by atoms with Crippen LogP contribution in [0, 0.1) is 0 Å². The Bertz CT molecular complexity index is 910. The van der Waals surface area contributed by atoms with Crippen LogP contribution < -0.4 is 0 Å². The van der Waals surface area contributed by atoms with Gasteiger partial charge in [0, 0.05) is 18.1 Å². The van der Waals surface area contributed by atoms with E-state index in [0.29, 0.717) is 10.9 Å². The SMILES string of the molecule is Clc1ccccc1-c1nc2cc(-n3cccc3)ccc2o1. The lowest BCUT2D eigenvalue weighted by Gasteiger charge is -2.00. The molecule has 0 saturated carbocycles. The highest BCUT2D eigenvalue weighted by Gasteiger charge is 2.11. The molecule has 102 valence electrons. The van der Waals surface area contributed by atoms with E-state index in [4.69, 9.17) is 16.0 Å². The van der Waals surface area contributed by atoms with E-state index in [0.717, 1.165) is 22.4 Å². The fourth-order valence-corrected chi connectivity index (χ4v) is 2.55. The molecule has 0 N–H and O–H groups in total. The van der Waals surface area contributed by atoms with Gasteiger partial charge in [0.15, 0.2) is 5.58 Å². The molecule has 0 radical (unpaired) electrons. The Kier molecular flexibility index (Phi) is 2.79. The Morgan fingerprint density at radius 2 is 1.76 bits per heavy atom. The first-order valence-electron chi connectivity index (χ1n) is 6.60. The predicted octanol–water partition coefficient (Wildman–Crippen LogP) is 4.94. The van der Waals surface area contributed by atoms with Crippen LogP contribution in [0.3, 0.4) is 0 Å². The summed E-state index contributed by atoms with van der Waals surface area (Å²) in [6.07, 6.45) is 3.99. The molecule has 4 rings (SSSR count). The van der Waals surface area contributed by atoms with Crippen LogP contribution in [0.25, 0.3) is 28.2 Å². The molecule has 0 atom stereocenters. The summed E-state index contributed by atoms with van der Waals surface area (Å²) in [4.78, 5) is 4.55. The number of fused-ring (bicyclic) bond motifs is 1. The van der Waals surface area contributed by atoms with Gasteiger partial charge in [-0.15, -0.1) is 0 Å². The lowest BCUT2D eigenvalue weighted by molar-refractivity contribution is 0.620. The highest BCUT2D eigenvalue weighted by molar-refractivity contribution is 6.33. The van der Waals surface area contributed by atoms with Crippen molar-refractivity contribution >= 4 is 22.7 Å². The van der Waals surface area contributed by atoms with Gasteiger partial charge in [0.05, 0.1) is 10.6 Å². The molecule has 2 heterocycles. The third-order valence-corrected chi connectivity index (χ3v) is 3.71. The van der Waals surface area contributed by atoms with Gasteiger partial charge in [-0.25, -0.2) is 4.98 Å². The van der Waals surface area contributed by atoms with E-state index in [2.05, 4.69) is 4.98 Å². The first-order chi connectivity index (χ1) is 10.3. The van der Waals surface area contributed by atoms with Crippen molar-refractivity contribution in [2.45, 2.75) is 0 Å². The fraction of sp³-hybridized carbons (Fsp3) is 0. The first-order valence-corrected chi connectivity index (χ1v) is 6.98. The zero-order valence-corrected chi connectivity index (χ0v) is 11.8. The number of aromatic nitrogens is 2. The van der Waals surface area contributed by atoms with Crippen LogP contribution in [0.4, 0.5) is 0 Å². The summed E-state index contributed by atoms with van der Waals surface area (Å²) in [7, 11) is 0. The number of oxazole rings is 1. The van der Waals surface area contributed by atoms with Crippen molar-refractivity contribution in [3.63, 3.8) is 0 Å². The molecule has 0 amide bonds. The molecule has 0 spiro atoms. The van der Waals surface area contributed by atoms with Crippen molar-refractivity contribution in [3.05, 3.63) is 72.0 Å². The minimum atomic E-state index is 0.542. The monoisotopic (exact) mass is 294 g/mol. The second kappa shape index (κ2) is 4.79. The number of hydrogen-bond donors (Lipinski definition) is 0. The predicted molar refractivity (Wildman–Crippen MR) is 83.8 cm³/mol.